The largest absolute Gasteiger partial charge is 0.397 e. The van der Waals surface area contributed by atoms with E-state index < -0.39 is 0 Å². The second kappa shape index (κ2) is 7.00. The van der Waals surface area contributed by atoms with Crippen molar-refractivity contribution in [2.45, 2.75) is 19.9 Å². The van der Waals surface area contributed by atoms with Gasteiger partial charge in [-0.1, -0.05) is 31.2 Å². The molecule has 3 rings (SSSR count). The summed E-state index contributed by atoms with van der Waals surface area (Å²) in [5.41, 5.74) is 9.91. The molecule has 0 fully saturated rings. The Morgan fingerprint density at radius 1 is 1.12 bits per heavy atom. The van der Waals surface area contributed by atoms with E-state index in [0.717, 1.165) is 12.0 Å². The van der Waals surface area contributed by atoms with Crippen LogP contribution in [0.15, 0.2) is 60.8 Å². The van der Waals surface area contributed by atoms with Crippen molar-refractivity contribution in [2.75, 3.05) is 11.1 Å². The molecule has 5 nitrogen and oxygen atoms in total. The molecule has 0 atom stereocenters. The van der Waals surface area contributed by atoms with Gasteiger partial charge >= 0.3 is 0 Å². The summed E-state index contributed by atoms with van der Waals surface area (Å²) in [5.74, 6) is -0.173. The third-order valence-corrected chi connectivity index (χ3v) is 3.92. The standard InChI is InChI=1S/C19H20N4O/c1-2-16-11-12-21-23(16)13-14-7-9-15(10-8-14)19(24)22-18-6-4-3-5-17(18)20/h3-12H,2,13,20H2,1H3,(H,22,24). The highest BCUT2D eigenvalue weighted by Crippen LogP contribution is 2.18. The molecular weight excluding hydrogens is 300 g/mol. The van der Waals surface area contributed by atoms with E-state index in [4.69, 9.17) is 5.73 Å². The highest BCUT2D eigenvalue weighted by atomic mass is 16.1. The molecule has 5 heteroatoms. The number of hydrogen-bond donors (Lipinski definition) is 2. The fraction of sp³-hybridized carbons (Fsp3) is 0.158. The fourth-order valence-corrected chi connectivity index (χ4v) is 2.54. The molecule has 0 aliphatic carbocycles. The monoisotopic (exact) mass is 320 g/mol. The molecule has 0 saturated carbocycles. The lowest BCUT2D eigenvalue weighted by Crippen LogP contribution is -2.13. The van der Waals surface area contributed by atoms with Gasteiger partial charge < -0.3 is 11.1 Å². The van der Waals surface area contributed by atoms with Crippen molar-refractivity contribution < 1.29 is 4.79 Å². The maximum atomic E-state index is 12.3. The SMILES string of the molecule is CCc1ccnn1Cc1ccc(C(=O)Nc2ccccc2N)cc1. The van der Waals surface area contributed by atoms with Gasteiger partial charge in [-0.05, 0) is 42.3 Å². The summed E-state index contributed by atoms with van der Waals surface area (Å²) in [6, 6.07) is 16.8. The summed E-state index contributed by atoms with van der Waals surface area (Å²) in [4.78, 5) is 12.3. The Bertz CT molecular complexity index is 837. The van der Waals surface area contributed by atoms with Crippen LogP contribution < -0.4 is 11.1 Å². The van der Waals surface area contributed by atoms with E-state index in [-0.39, 0.29) is 5.91 Å². The van der Waals surface area contributed by atoms with Crippen molar-refractivity contribution >= 4 is 17.3 Å². The zero-order valence-electron chi connectivity index (χ0n) is 13.6. The van der Waals surface area contributed by atoms with Crippen LogP contribution in [0.3, 0.4) is 0 Å². The molecule has 1 amide bonds. The number of carbonyl (C=O) groups is 1. The van der Waals surface area contributed by atoms with Crippen molar-refractivity contribution in [3.63, 3.8) is 0 Å². The number of amides is 1. The van der Waals surface area contributed by atoms with Gasteiger partial charge in [0.15, 0.2) is 0 Å². The number of carbonyl (C=O) groups excluding carboxylic acids is 1. The smallest absolute Gasteiger partial charge is 0.255 e. The molecule has 0 saturated heterocycles. The molecule has 1 heterocycles. The zero-order chi connectivity index (χ0) is 16.9. The molecule has 0 aliphatic rings. The first-order valence-electron chi connectivity index (χ1n) is 7.93. The molecule has 1 aromatic heterocycles. The van der Waals surface area contributed by atoms with Crippen LogP contribution in [0, 0.1) is 0 Å². The van der Waals surface area contributed by atoms with E-state index >= 15 is 0 Å². The lowest BCUT2D eigenvalue weighted by atomic mass is 10.1. The van der Waals surface area contributed by atoms with Crippen molar-refractivity contribution in [1.82, 2.24) is 9.78 Å². The highest BCUT2D eigenvalue weighted by Gasteiger charge is 2.08. The predicted octanol–water partition coefficient (Wildman–Crippen LogP) is 3.33. The Morgan fingerprint density at radius 2 is 1.88 bits per heavy atom. The summed E-state index contributed by atoms with van der Waals surface area (Å²) < 4.78 is 1.97. The number of nitrogens with zero attached hydrogens (tertiary/aromatic N) is 2. The first kappa shape index (κ1) is 15.8. The summed E-state index contributed by atoms with van der Waals surface area (Å²) in [6.45, 7) is 2.81. The molecule has 0 bridgehead atoms. The van der Waals surface area contributed by atoms with Crippen LogP contribution in [0.25, 0.3) is 0 Å². The minimum absolute atomic E-state index is 0.173. The average Bonchev–Trinajstić information content (AvgIpc) is 3.04. The number of aromatic nitrogens is 2. The fourth-order valence-electron chi connectivity index (χ4n) is 2.54. The molecule has 122 valence electrons. The highest BCUT2D eigenvalue weighted by molar-refractivity contribution is 6.05. The summed E-state index contributed by atoms with van der Waals surface area (Å²) in [7, 11) is 0. The molecular formula is C19H20N4O. The number of rotatable bonds is 5. The van der Waals surface area contributed by atoms with Crippen molar-refractivity contribution in [1.29, 1.82) is 0 Å². The number of anilines is 2. The van der Waals surface area contributed by atoms with E-state index in [0.29, 0.717) is 23.5 Å². The van der Waals surface area contributed by atoms with Crippen LogP contribution in [0.2, 0.25) is 0 Å². The number of nitrogens with two attached hydrogens (primary N) is 1. The van der Waals surface area contributed by atoms with E-state index in [2.05, 4.69) is 17.3 Å². The van der Waals surface area contributed by atoms with Gasteiger partial charge in [0.05, 0.1) is 17.9 Å². The van der Waals surface area contributed by atoms with Gasteiger partial charge in [-0.2, -0.15) is 5.10 Å². The van der Waals surface area contributed by atoms with Crippen molar-refractivity contribution in [3.05, 3.63) is 77.6 Å². The summed E-state index contributed by atoms with van der Waals surface area (Å²) in [5, 5.41) is 7.16. The van der Waals surface area contributed by atoms with Gasteiger partial charge in [-0.15, -0.1) is 0 Å². The predicted molar refractivity (Wildman–Crippen MR) is 96.0 cm³/mol. The molecule has 2 aromatic carbocycles. The second-order valence-electron chi connectivity index (χ2n) is 5.57. The van der Waals surface area contributed by atoms with Crippen LogP contribution in [-0.2, 0) is 13.0 Å². The van der Waals surface area contributed by atoms with E-state index in [1.807, 2.05) is 53.3 Å². The third-order valence-electron chi connectivity index (χ3n) is 3.92. The summed E-state index contributed by atoms with van der Waals surface area (Å²) in [6.07, 6.45) is 2.75. The lowest BCUT2D eigenvalue weighted by molar-refractivity contribution is 0.102. The zero-order valence-corrected chi connectivity index (χ0v) is 13.6. The van der Waals surface area contributed by atoms with Crippen molar-refractivity contribution in [2.24, 2.45) is 0 Å². The van der Waals surface area contributed by atoms with E-state index in [9.17, 15) is 4.79 Å². The van der Waals surface area contributed by atoms with Crippen LogP contribution in [0.4, 0.5) is 11.4 Å². The number of para-hydroxylation sites is 2. The second-order valence-corrected chi connectivity index (χ2v) is 5.57. The quantitative estimate of drug-likeness (QED) is 0.708. The van der Waals surface area contributed by atoms with Gasteiger partial charge in [-0.3, -0.25) is 9.48 Å². The number of aryl methyl sites for hydroxylation is 1. The Hall–Kier alpha value is -3.08. The van der Waals surface area contributed by atoms with Gasteiger partial charge in [0, 0.05) is 17.5 Å². The number of benzene rings is 2. The molecule has 24 heavy (non-hydrogen) atoms. The Balaban J connectivity index is 1.70. The minimum atomic E-state index is -0.173. The van der Waals surface area contributed by atoms with Gasteiger partial charge in [0.2, 0.25) is 0 Å². The van der Waals surface area contributed by atoms with Crippen molar-refractivity contribution in [3.8, 4) is 0 Å². The topological polar surface area (TPSA) is 72.9 Å². The molecule has 3 N–H and O–H groups in total. The first-order valence-corrected chi connectivity index (χ1v) is 7.93. The lowest BCUT2D eigenvalue weighted by Gasteiger charge is -2.09. The van der Waals surface area contributed by atoms with E-state index in [1.165, 1.54) is 5.69 Å². The average molecular weight is 320 g/mol. The maximum absolute atomic E-state index is 12.3. The Morgan fingerprint density at radius 3 is 2.58 bits per heavy atom. The molecule has 3 aromatic rings. The summed E-state index contributed by atoms with van der Waals surface area (Å²) >= 11 is 0. The Labute approximate surface area is 141 Å². The minimum Gasteiger partial charge on any atom is -0.397 e. The van der Waals surface area contributed by atoms with Gasteiger partial charge in [-0.25, -0.2) is 0 Å². The normalized spacial score (nSPS) is 10.5. The number of nitrogens with one attached hydrogen (secondary N) is 1. The molecule has 0 aliphatic heterocycles. The molecule has 0 radical (unpaired) electrons. The van der Waals surface area contributed by atoms with Gasteiger partial charge in [0.25, 0.3) is 5.91 Å². The number of nitrogen functional groups attached to an aromatic ring is 1. The van der Waals surface area contributed by atoms with Crippen LogP contribution in [0.1, 0.15) is 28.5 Å². The third kappa shape index (κ3) is 3.46. The van der Waals surface area contributed by atoms with Gasteiger partial charge in [0.1, 0.15) is 0 Å². The number of hydrogen-bond acceptors (Lipinski definition) is 3. The Kier molecular flexibility index (Phi) is 4.61. The maximum Gasteiger partial charge on any atom is 0.255 e. The first-order chi connectivity index (χ1) is 11.7. The molecule has 0 unspecified atom stereocenters. The van der Waals surface area contributed by atoms with E-state index in [1.54, 1.807) is 12.1 Å². The van der Waals surface area contributed by atoms with Crippen LogP contribution in [-0.4, -0.2) is 15.7 Å². The van der Waals surface area contributed by atoms with Crippen LogP contribution in [0.5, 0.6) is 0 Å². The van der Waals surface area contributed by atoms with Crippen LogP contribution >= 0.6 is 0 Å². The molecule has 0 spiro atoms.